The van der Waals surface area contributed by atoms with Crippen LogP contribution in [0.2, 0.25) is 5.02 Å². The van der Waals surface area contributed by atoms with Crippen LogP contribution < -0.4 is 5.32 Å². The van der Waals surface area contributed by atoms with Crippen LogP contribution in [0.25, 0.3) is 0 Å². The number of hydrogen-bond acceptors (Lipinski definition) is 3. The van der Waals surface area contributed by atoms with E-state index in [-0.39, 0.29) is 5.91 Å². The Kier molecular flexibility index (Phi) is 6.09. The number of rotatable bonds is 6. The van der Waals surface area contributed by atoms with Crippen molar-refractivity contribution in [2.24, 2.45) is 5.92 Å². The van der Waals surface area contributed by atoms with Gasteiger partial charge in [-0.25, -0.2) is 4.98 Å². The average molecular weight is 284 g/mol. The Morgan fingerprint density at radius 3 is 2.68 bits per heavy atom. The van der Waals surface area contributed by atoms with Gasteiger partial charge in [0.2, 0.25) is 0 Å². The molecule has 1 rings (SSSR count). The minimum absolute atomic E-state index is 0.0391. The van der Waals surface area contributed by atoms with Crippen LogP contribution >= 0.6 is 11.6 Å². The van der Waals surface area contributed by atoms with E-state index in [0.29, 0.717) is 28.9 Å². The number of nitrogens with one attached hydrogen (secondary N) is 1. The molecule has 0 aromatic carbocycles. The Morgan fingerprint density at radius 1 is 1.47 bits per heavy atom. The van der Waals surface area contributed by atoms with Gasteiger partial charge in [0.05, 0.1) is 10.6 Å². The van der Waals surface area contributed by atoms with E-state index in [1.807, 2.05) is 18.7 Å². The van der Waals surface area contributed by atoms with Crippen LogP contribution in [-0.2, 0) is 0 Å². The summed E-state index contributed by atoms with van der Waals surface area (Å²) in [6, 6.07) is 1.72. The minimum Gasteiger partial charge on any atom is -0.370 e. The van der Waals surface area contributed by atoms with Crippen LogP contribution in [0, 0.1) is 5.92 Å². The predicted octanol–water partition coefficient (Wildman–Crippen LogP) is 3.28. The maximum Gasteiger partial charge on any atom is 0.255 e. The number of aromatic nitrogens is 1. The lowest BCUT2D eigenvalue weighted by atomic mass is 10.1. The fraction of sp³-hybridized carbons (Fsp3) is 0.571. The number of carbonyl (C=O) groups excluding carboxylic acids is 1. The van der Waals surface area contributed by atoms with Gasteiger partial charge in [0.1, 0.15) is 5.82 Å². The molecule has 19 heavy (non-hydrogen) atoms. The molecule has 0 bridgehead atoms. The fourth-order valence-electron chi connectivity index (χ4n) is 1.85. The van der Waals surface area contributed by atoms with Crippen LogP contribution in [0.5, 0.6) is 0 Å². The van der Waals surface area contributed by atoms with E-state index >= 15 is 0 Å². The molecule has 0 unspecified atom stereocenters. The van der Waals surface area contributed by atoms with Gasteiger partial charge in [0, 0.05) is 25.8 Å². The summed E-state index contributed by atoms with van der Waals surface area (Å²) in [5.41, 5.74) is 0.509. The Balaban J connectivity index is 2.99. The molecule has 5 heteroatoms. The minimum atomic E-state index is -0.0391. The lowest BCUT2D eigenvalue weighted by molar-refractivity contribution is 0.0746. The van der Waals surface area contributed by atoms with Crippen molar-refractivity contribution in [1.29, 1.82) is 0 Å². The first-order valence-electron chi connectivity index (χ1n) is 6.68. The summed E-state index contributed by atoms with van der Waals surface area (Å²) in [4.78, 5) is 18.4. The van der Waals surface area contributed by atoms with E-state index in [0.717, 1.165) is 13.1 Å². The third-order valence-corrected chi connectivity index (χ3v) is 3.00. The molecule has 1 aromatic heterocycles. The Hall–Kier alpha value is -1.29. The topological polar surface area (TPSA) is 45.2 Å². The van der Waals surface area contributed by atoms with Crippen LogP contribution in [0.4, 0.5) is 5.82 Å². The predicted molar refractivity (Wildman–Crippen MR) is 79.8 cm³/mol. The third-order valence-electron chi connectivity index (χ3n) is 2.70. The number of nitrogens with zero attached hydrogens (tertiary/aromatic N) is 2. The standard InChI is InChI=1S/C14H22ClN3O/c1-5-16-13-7-11(12(15)8-17-13)14(19)18(6-2)9-10(3)4/h7-8,10H,5-6,9H2,1-4H3,(H,16,17). The van der Waals surface area contributed by atoms with Crippen LogP contribution in [0.3, 0.4) is 0 Å². The lowest BCUT2D eigenvalue weighted by Gasteiger charge is -2.23. The highest BCUT2D eigenvalue weighted by Crippen LogP contribution is 2.20. The van der Waals surface area contributed by atoms with E-state index in [1.54, 1.807) is 6.07 Å². The van der Waals surface area contributed by atoms with Gasteiger partial charge in [-0.15, -0.1) is 0 Å². The lowest BCUT2D eigenvalue weighted by Crippen LogP contribution is -2.34. The molecule has 1 heterocycles. The molecule has 106 valence electrons. The molecule has 0 aliphatic heterocycles. The summed E-state index contributed by atoms with van der Waals surface area (Å²) in [5.74, 6) is 1.07. The molecule has 0 atom stereocenters. The second-order valence-electron chi connectivity index (χ2n) is 4.82. The molecule has 1 aromatic rings. The van der Waals surface area contributed by atoms with Crippen molar-refractivity contribution >= 4 is 23.3 Å². The monoisotopic (exact) mass is 283 g/mol. The third kappa shape index (κ3) is 4.39. The molecule has 0 aliphatic rings. The smallest absolute Gasteiger partial charge is 0.255 e. The zero-order valence-corrected chi connectivity index (χ0v) is 12.8. The van der Waals surface area contributed by atoms with Gasteiger partial charge in [0.15, 0.2) is 0 Å². The summed E-state index contributed by atoms with van der Waals surface area (Å²) < 4.78 is 0. The Labute approximate surface area is 120 Å². The first-order valence-corrected chi connectivity index (χ1v) is 7.06. The van der Waals surface area contributed by atoms with E-state index in [4.69, 9.17) is 11.6 Å². The zero-order chi connectivity index (χ0) is 14.4. The summed E-state index contributed by atoms with van der Waals surface area (Å²) in [5, 5.41) is 3.48. The van der Waals surface area contributed by atoms with Crippen molar-refractivity contribution in [3.8, 4) is 0 Å². The average Bonchev–Trinajstić information content (AvgIpc) is 2.37. The summed E-state index contributed by atoms with van der Waals surface area (Å²) >= 11 is 6.09. The molecule has 0 fully saturated rings. The number of pyridine rings is 1. The van der Waals surface area contributed by atoms with Gasteiger partial charge in [0.25, 0.3) is 5.91 Å². The molecule has 0 saturated heterocycles. The van der Waals surface area contributed by atoms with Crippen molar-refractivity contribution in [2.75, 3.05) is 25.0 Å². The summed E-state index contributed by atoms with van der Waals surface area (Å²) in [6.07, 6.45) is 1.52. The van der Waals surface area contributed by atoms with Gasteiger partial charge in [-0.1, -0.05) is 25.4 Å². The quantitative estimate of drug-likeness (QED) is 0.871. The van der Waals surface area contributed by atoms with Crippen molar-refractivity contribution in [3.05, 3.63) is 22.8 Å². The highest BCUT2D eigenvalue weighted by molar-refractivity contribution is 6.33. The first kappa shape index (κ1) is 15.8. The first-order chi connectivity index (χ1) is 8.99. The molecule has 0 aliphatic carbocycles. The van der Waals surface area contributed by atoms with Gasteiger partial charge < -0.3 is 10.2 Å². The van der Waals surface area contributed by atoms with E-state index in [2.05, 4.69) is 24.1 Å². The van der Waals surface area contributed by atoms with Crippen molar-refractivity contribution in [2.45, 2.75) is 27.7 Å². The van der Waals surface area contributed by atoms with Crippen molar-refractivity contribution < 1.29 is 4.79 Å². The van der Waals surface area contributed by atoms with Gasteiger partial charge in [-0.2, -0.15) is 0 Å². The fourth-order valence-corrected chi connectivity index (χ4v) is 2.03. The highest BCUT2D eigenvalue weighted by atomic mass is 35.5. The number of hydrogen-bond donors (Lipinski definition) is 1. The molecule has 4 nitrogen and oxygen atoms in total. The van der Waals surface area contributed by atoms with Crippen molar-refractivity contribution in [3.63, 3.8) is 0 Å². The van der Waals surface area contributed by atoms with Crippen molar-refractivity contribution in [1.82, 2.24) is 9.88 Å². The summed E-state index contributed by atoms with van der Waals surface area (Å²) in [7, 11) is 0. The van der Waals surface area contributed by atoms with Crippen LogP contribution in [0.15, 0.2) is 12.3 Å². The van der Waals surface area contributed by atoms with Crippen LogP contribution in [0.1, 0.15) is 38.1 Å². The molecule has 0 spiro atoms. The second-order valence-corrected chi connectivity index (χ2v) is 5.22. The maximum atomic E-state index is 12.5. The van der Waals surface area contributed by atoms with Crippen LogP contribution in [-0.4, -0.2) is 35.4 Å². The maximum absolute atomic E-state index is 12.5. The molecule has 1 N–H and O–H groups in total. The number of halogens is 1. The number of anilines is 1. The second kappa shape index (κ2) is 7.34. The molecule has 0 radical (unpaired) electrons. The molecule has 0 saturated carbocycles. The van der Waals surface area contributed by atoms with Gasteiger partial charge >= 0.3 is 0 Å². The van der Waals surface area contributed by atoms with Gasteiger partial charge in [-0.3, -0.25) is 4.79 Å². The van der Waals surface area contributed by atoms with Gasteiger partial charge in [-0.05, 0) is 25.8 Å². The SMILES string of the molecule is CCNc1cc(C(=O)N(CC)CC(C)C)c(Cl)cn1. The van der Waals surface area contributed by atoms with E-state index < -0.39 is 0 Å². The Bertz CT molecular complexity index is 435. The normalized spacial score (nSPS) is 10.6. The zero-order valence-electron chi connectivity index (χ0n) is 12.0. The molecular weight excluding hydrogens is 262 g/mol. The van der Waals surface area contributed by atoms with E-state index in [1.165, 1.54) is 6.20 Å². The number of carbonyl (C=O) groups is 1. The molecule has 1 amide bonds. The number of amides is 1. The highest BCUT2D eigenvalue weighted by Gasteiger charge is 2.18. The largest absolute Gasteiger partial charge is 0.370 e. The summed E-state index contributed by atoms with van der Waals surface area (Å²) in [6.45, 7) is 10.3. The Morgan fingerprint density at radius 2 is 2.16 bits per heavy atom. The molecular formula is C14H22ClN3O. The van der Waals surface area contributed by atoms with E-state index in [9.17, 15) is 4.79 Å².